The summed E-state index contributed by atoms with van der Waals surface area (Å²) < 4.78 is 0. The van der Waals surface area contributed by atoms with Crippen molar-refractivity contribution in [1.29, 1.82) is 0 Å². The molecular weight excluding hydrogens is 292 g/mol. The molecule has 2 heterocycles. The number of anilines is 2. The van der Waals surface area contributed by atoms with E-state index in [0.29, 0.717) is 6.54 Å². The van der Waals surface area contributed by atoms with E-state index in [9.17, 15) is 9.59 Å². The third-order valence-electron chi connectivity index (χ3n) is 3.94. The summed E-state index contributed by atoms with van der Waals surface area (Å²) in [5.41, 5.74) is 3.05. The van der Waals surface area contributed by atoms with Crippen molar-refractivity contribution in [2.24, 2.45) is 5.92 Å². The highest BCUT2D eigenvalue weighted by atomic mass is 16.2. The van der Waals surface area contributed by atoms with Gasteiger partial charge < -0.3 is 4.90 Å². The van der Waals surface area contributed by atoms with Crippen LogP contribution in [0.2, 0.25) is 0 Å². The van der Waals surface area contributed by atoms with Crippen LogP contribution in [0.4, 0.5) is 11.6 Å². The van der Waals surface area contributed by atoms with E-state index in [-0.39, 0.29) is 24.2 Å². The smallest absolute Gasteiger partial charge is 0.232 e. The summed E-state index contributed by atoms with van der Waals surface area (Å²) in [6.07, 6.45) is 3.32. The van der Waals surface area contributed by atoms with Crippen LogP contribution in [0.15, 0.2) is 36.7 Å². The molecule has 0 bridgehead atoms. The molecule has 6 heteroatoms. The summed E-state index contributed by atoms with van der Waals surface area (Å²) in [5, 5.41) is 2.66. The minimum Gasteiger partial charge on any atom is -0.311 e. The second kappa shape index (κ2) is 6.16. The predicted molar refractivity (Wildman–Crippen MR) is 87.0 cm³/mol. The molecule has 0 saturated carbocycles. The zero-order valence-corrected chi connectivity index (χ0v) is 13.1. The first-order chi connectivity index (χ1) is 11.0. The maximum atomic E-state index is 12.3. The molecule has 1 aliphatic rings. The van der Waals surface area contributed by atoms with Gasteiger partial charge in [-0.25, -0.2) is 9.97 Å². The lowest BCUT2D eigenvalue weighted by Crippen LogP contribution is -2.29. The zero-order valence-electron chi connectivity index (χ0n) is 13.1. The number of benzene rings is 1. The summed E-state index contributed by atoms with van der Waals surface area (Å²) in [4.78, 5) is 34.2. The van der Waals surface area contributed by atoms with Gasteiger partial charge in [0.2, 0.25) is 17.8 Å². The van der Waals surface area contributed by atoms with Gasteiger partial charge in [0.1, 0.15) is 0 Å². The lowest BCUT2D eigenvalue weighted by Gasteiger charge is -2.19. The summed E-state index contributed by atoms with van der Waals surface area (Å²) >= 11 is 0. The van der Waals surface area contributed by atoms with E-state index in [1.807, 2.05) is 32.0 Å². The molecule has 0 radical (unpaired) electrons. The van der Waals surface area contributed by atoms with Crippen LogP contribution in [0.5, 0.6) is 0 Å². The van der Waals surface area contributed by atoms with Crippen molar-refractivity contribution >= 4 is 23.5 Å². The number of amides is 2. The Labute approximate surface area is 134 Å². The molecule has 0 spiro atoms. The van der Waals surface area contributed by atoms with Crippen molar-refractivity contribution in [3.63, 3.8) is 0 Å². The quantitative estimate of drug-likeness (QED) is 0.942. The van der Waals surface area contributed by atoms with Crippen LogP contribution in [-0.4, -0.2) is 28.3 Å². The third kappa shape index (κ3) is 3.21. The molecular formula is C17H18N4O2. The van der Waals surface area contributed by atoms with E-state index in [1.54, 1.807) is 23.4 Å². The molecule has 118 valence electrons. The van der Waals surface area contributed by atoms with Gasteiger partial charge in [-0.3, -0.25) is 14.9 Å². The van der Waals surface area contributed by atoms with Crippen LogP contribution < -0.4 is 10.2 Å². The fraction of sp³-hybridized carbons (Fsp3) is 0.294. The van der Waals surface area contributed by atoms with Crippen molar-refractivity contribution in [1.82, 2.24) is 9.97 Å². The number of carbonyl (C=O) groups excluding carboxylic acids is 2. The number of rotatable bonds is 3. The summed E-state index contributed by atoms with van der Waals surface area (Å²) in [7, 11) is 0. The van der Waals surface area contributed by atoms with Crippen molar-refractivity contribution < 1.29 is 9.59 Å². The Morgan fingerprint density at radius 1 is 1.26 bits per heavy atom. The lowest BCUT2D eigenvalue weighted by atomic mass is 10.1. The minimum atomic E-state index is -0.396. The molecule has 3 rings (SSSR count). The van der Waals surface area contributed by atoms with Gasteiger partial charge in [-0.2, -0.15) is 0 Å². The van der Waals surface area contributed by atoms with Gasteiger partial charge >= 0.3 is 0 Å². The first-order valence-electron chi connectivity index (χ1n) is 7.50. The molecule has 1 fully saturated rings. The van der Waals surface area contributed by atoms with Crippen LogP contribution >= 0.6 is 0 Å². The first-order valence-corrected chi connectivity index (χ1v) is 7.50. The molecule has 1 aliphatic heterocycles. The lowest BCUT2D eigenvalue weighted by molar-refractivity contribution is -0.122. The number of hydrogen-bond acceptors (Lipinski definition) is 4. The van der Waals surface area contributed by atoms with Gasteiger partial charge in [0.15, 0.2) is 0 Å². The second-order valence-electron chi connectivity index (χ2n) is 5.76. The summed E-state index contributed by atoms with van der Waals surface area (Å²) in [6.45, 7) is 4.36. The number of nitrogens with zero attached hydrogens (tertiary/aromatic N) is 3. The molecule has 0 aliphatic carbocycles. The Balaban J connectivity index is 1.73. The van der Waals surface area contributed by atoms with Crippen molar-refractivity contribution in [2.75, 3.05) is 16.8 Å². The molecule has 1 unspecified atom stereocenters. The Kier molecular flexibility index (Phi) is 4.06. The Morgan fingerprint density at radius 2 is 2.00 bits per heavy atom. The second-order valence-corrected chi connectivity index (χ2v) is 5.76. The largest absolute Gasteiger partial charge is 0.311 e. The van der Waals surface area contributed by atoms with Crippen LogP contribution in [-0.2, 0) is 9.59 Å². The van der Waals surface area contributed by atoms with Crippen molar-refractivity contribution in [3.05, 3.63) is 47.8 Å². The summed E-state index contributed by atoms with van der Waals surface area (Å²) in [5.74, 6) is -0.398. The number of hydrogen-bond donors (Lipinski definition) is 1. The average molecular weight is 310 g/mol. The first kappa shape index (κ1) is 15.1. The summed E-state index contributed by atoms with van der Waals surface area (Å²) in [6, 6.07) is 7.62. The van der Waals surface area contributed by atoms with Gasteiger partial charge in [-0.05, 0) is 31.5 Å². The van der Waals surface area contributed by atoms with Crippen molar-refractivity contribution in [2.45, 2.75) is 20.3 Å². The molecule has 2 aromatic rings. The van der Waals surface area contributed by atoms with E-state index in [4.69, 9.17) is 0 Å². The average Bonchev–Trinajstić information content (AvgIpc) is 2.90. The number of carbonyl (C=O) groups is 2. The van der Waals surface area contributed by atoms with Gasteiger partial charge in [0.05, 0.1) is 5.92 Å². The Bertz CT molecular complexity index is 746. The zero-order chi connectivity index (χ0) is 16.4. The molecule has 1 N–H and O–H groups in total. The monoisotopic (exact) mass is 310 g/mol. The van der Waals surface area contributed by atoms with Gasteiger partial charge in [-0.15, -0.1) is 0 Å². The van der Waals surface area contributed by atoms with E-state index < -0.39 is 5.92 Å². The van der Waals surface area contributed by atoms with E-state index in [2.05, 4.69) is 15.3 Å². The van der Waals surface area contributed by atoms with Crippen LogP contribution in [0.3, 0.4) is 0 Å². The molecule has 6 nitrogen and oxygen atoms in total. The highest BCUT2D eigenvalue weighted by Crippen LogP contribution is 2.28. The van der Waals surface area contributed by atoms with E-state index in [1.165, 1.54) is 0 Å². The third-order valence-corrected chi connectivity index (χ3v) is 3.94. The standard InChI is InChI=1S/C17H18N4O2/c1-11-4-5-14(12(2)8-11)21-10-13(9-15(21)22)16(23)20-17-18-6-3-7-19-17/h3-8,13H,9-10H2,1-2H3,(H,18,19,20,23). The van der Waals surface area contributed by atoms with Gasteiger partial charge in [-0.1, -0.05) is 17.7 Å². The molecule has 2 amide bonds. The van der Waals surface area contributed by atoms with E-state index >= 15 is 0 Å². The minimum absolute atomic E-state index is 0.0360. The predicted octanol–water partition coefficient (Wildman–Crippen LogP) is 2.09. The fourth-order valence-corrected chi connectivity index (χ4v) is 2.80. The highest BCUT2D eigenvalue weighted by Gasteiger charge is 2.35. The molecule has 1 saturated heterocycles. The van der Waals surface area contributed by atoms with Gasteiger partial charge in [0, 0.05) is 31.0 Å². The molecule has 23 heavy (non-hydrogen) atoms. The van der Waals surface area contributed by atoms with E-state index in [0.717, 1.165) is 16.8 Å². The maximum Gasteiger partial charge on any atom is 0.232 e. The number of aromatic nitrogens is 2. The SMILES string of the molecule is Cc1ccc(N2CC(C(=O)Nc3ncccn3)CC2=O)c(C)c1. The molecule has 1 atom stereocenters. The topological polar surface area (TPSA) is 75.2 Å². The number of aryl methyl sites for hydroxylation is 2. The maximum absolute atomic E-state index is 12.3. The fourth-order valence-electron chi connectivity index (χ4n) is 2.80. The molecule has 1 aromatic heterocycles. The van der Waals surface area contributed by atoms with Crippen LogP contribution in [0, 0.1) is 19.8 Å². The Morgan fingerprint density at radius 3 is 2.70 bits per heavy atom. The Hall–Kier alpha value is -2.76. The highest BCUT2D eigenvalue weighted by molar-refractivity contribution is 6.03. The van der Waals surface area contributed by atoms with Gasteiger partial charge in [0.25, 0.3) is 0 Å². The van der Waals surface area contributed by atoms with Crippen molar-refractivity contribution in [3.8, 4) is 0 Å². The molecule has 1 aromatic carbocycles. The van der Waals surface area contributed by atoms with Crippen LogP contribution in [0.25, 0.3) is 0 Å². The van der Waals surface area contributed by atoms with Crippen LogP contribution in [0.1, 0.15) is 17.5 Å². The normalized spacial score (nSPS) is 17.4. The number of nitrogens with one attached hydrogen (secondary N) is 1.